The molecule has 2 aromatic heterocycles. The molecule has 2 heterocycles. The minimum atomic E-state index is 0.899. The number of nitrogens with zero attached hydrogens (tertiary/aromatic N) is 2. The molecular weight excluding hydrogens is 252 g/mol. The van der Waals surface area contributed by atoms with Gasteiger partial charge < -0.3 is 0 Å². The molecular formula is C16H12N2S. The lowest BCUT2D eigenvalue weighted by Gasteiger charge is -2.04. The molecule has 0 aliphatic heterocycles. The van der Waals surface area contributed by atoms with Gasteiger partial charge in [0, 0.05) is 18.8 Å². The summed E-state index contributed by atoms with van der Waals surface area (Å²) in [7, 11) is 0. The maximum atomic E-state index is 4.83. The molecule has 0 atom stereocenters. The molecule has 2 aromatic rings. The zero-order valence-electron chi connectivity index (χ0n) is 10.3. The minimum Gasteiger partial charge on any atom is -0.265 e. The monoisotopic (exact) mass is 264 g/mol. The second kappa shape index (κ2) is 4.28. The number of fused-ring (bicyclic) bond motifs is 2. The maximum Gasteiger partial charge on any atom is 0.0982 e. The lowest BCUT2D eigenvalue weighted by molar-refractivity contribution is 1.09. The van der Waals surface area contributed by atoms with Gasteiger partial charge >= 0.3 is 0 Å². The van der Waals surface area contributed by atoms with Crippen molar-refractivity contribution < 1.29 is 0 Å². The van der Waals surface area contributed by atoms with Gasteiger partial charge in [0.2, 0.25) is 0 Å². The lowest BCUT2D eigenvalue weighted by atomic mass is 10.0. The topological polar surface area (TPSA) is 25.8 Å². The Bertz CT molecular complexity index is 810. The molecule has 0 N–H and O–H groups in total. The predicted molar refractivity (Wildman–Crippen MR) is 78.1 cm³/mol. The summed E-state index contributed by atoms with van der Waals surface area (Å²) in [5, 5.41) is 2.39. The highest BCUT2D eigenvalue weighted by molar-refractivity contribution is 7.09. The highest BCUT2D eigenvalue weighted by Gasteiger charge is 2.15. The summed E-state index contributed by atoms with van der Waals surface area (Å²) < 4.78 is 1.31. The number of aromatic nitrogens is 2. The summed E-state index contributed by atoms with van der Waals surface area (Å²) in [4.78, 5) is 8.87. The Balaban J connectivity index is 1.75. The van der Waals surface area contributed by atoms with E-state index in [1.807, 2.05) is 12.4 Å². The van der Waals surface area contributed by atoms with Crippen LogP contribution in [0.2, 0.25) is 0 Å². The van der Waals surface area contributed by atoms with E-state index in [2.05, 4.69) is 41.4 Å². The van der Waals surface area contributed by atoms with Crippen molar-refractivity contribution in [1.29, 1.82) is 0 Å². The van der Waals surface area contributed by atoms with Gasteiger partial charge in [0.15, 0.2) is 0 Å². The van der Waals surface area contributed by atoms with Gasteiger partial charge in [-0.1, -0.05) is 18.2 Å². The van der Waals surface area contributed by atoms with Gasteiger partial charge in [0.05, 0.1) is 14.9 Å². The SMILES string of the molecule is C1=CCC2=c3nc(Cc4ccncc4)sc3=CC2=C1. The van der Waals surface area contributed by atoms with Crippen LogP contribution >= 0.6 is 11.3 Å². The van der Waals surface area contributed by atoms with E-state index in [9.17, 15) is 0 Å². The van der Waals surface area contributed by atoms with Crippen LogP contribution in [0.3, 0.4) is 0 Å². The Labute approximate surface area is 115 Å². The Morgan fingerprint density at radius 3 is 3.00 bits per heavy atom. The predicted octanol–water partition coefficient (Wildman–Crippen LogP) is 1.96. The molecule has 0 aromatic carbocycles. The van der Waals surface area contributed by atoms with Crippen molar-refractivity contribution in [1.82, 2.24) is 9.97 Å². The van der Waals surface area contributed by atoms with E-state index in [-0.39, 0.29) is 0 Å². The average Bonchev–Trinajstić information content (AvgIpc) is 2.97. The van der Waals surface area contributed by atoms with Crippen LogP contribution in [0.4, 0.5) is 0 Å². The Kier molecular flexibility index (Phi) is 2.45. The molecule has 0 amide bonds. The van der Waals surface area contributed by atoms with Gasteiger partial charge in [-0.15, -0.1) is 11.3 Å². The molecule has 0 unspecified atom stereocenters. The minimum absolute atomic E-state index is 0.899. The maximum absolute atomic E-state index is 4.83. The first-order chi connectivity index (χ1) is 9.40. The highest BCUT2D eigenvalue weighted by atomic mass is 32.1. The Morgan fingerprint density at radius 2 is 2.11 bits per heavy atom. The Hall–Kier alpha value is -2.00. The summed E-state index contributed by atoms with van der Waals surface area (Å²) in [6.45, 7) is 0. The van der Waals surface area contributed by atoms with Crippen molar-refractivity contribution >= 4 is 23.0 Å². The highest BCUT2D eigenvalue weighted by Crippen LogP contribution is 2.23. The van der Waals surface area contributed by atoms with Crippen LogP contribution in [0.1, 0.15) is 17.0 Å². The summed E-state index contributed by atoms with van der Waals surface area (Å²) in [5.74, 6) is 0. The van der Waals surface area contributed by atoms with E-state index in [1.165, 1.54) is 31.6 Å². The fourth-order valence-corrected chi connectivity index (χ4v) is 3.61. The summed E-state index contributed by atoms with van der Waals surface area (Å²) in [5.41, 5.74) is 3.99. The van der Waals surface area contributed by atoms with Crippen LogP contribution in [0.5, 0.6) is 0 Å². The van der Waals surface area contributed by atoms with Crippen LogP contribution in [-0.4, -0.2) is 9.97 Å². The number of rotatable bonds is 2. The number of pyridine rings is 1. The van der Waals surface area contributed by atoms with Crippen molar-refractivity contribution in [2.45, 2.75) is 12.8 Å². The van der Waals surface area contributed by atoms with Crippen LogP contribution in [0, 0.1) is 0 Å². The molecule has 0 bridgehead atoms. The third kappa shape index (κ3) is 1.87. The number of allylic oxidation sites excluding steroid dienone is 4. The molecule has 0 saturated heterocycles. The Morgan fingerprint density at radius 1 is 1.21 bits per heavy atom. The number of hydrogen-bond acceptors (Lipinski definition) is 3. The molecule has 0 radical (unpaired) electrons. The van der Waals surface area contributed by atoms with Crippen LogP contribution in [0.25, 0.3) is 11.6 Å². The lowest BCUT2D eigenvalue weighted by Crippen LogP contribution is -2.19. The normalized spacial score (nSPS) is 15.8. The molecule has 2 aliphatic carbocycles. The van der Waals surface area contributed by atoms with Gasteiger partial charge in [-0.25, -0.2) is 4.98 Å². The average molecular weight is 264 g/mol. The fraction of sp³-hybridized carbons (Fsp3) is 0.125. The van der Waals surface area contributed by atoms with Crippen LogP contribution in [-0.2, 0) is 6.42 Å². The second-order valence-electron chi connectivity index (χ2n) is 4.73. The quantitative estimate of drug-likeness (QED) is 0.828. The molecule has 2 nitrogen and oxygen atoms in total. The second-order valence-corrected chi connectivity index (χ2v) is 5.85. The van der Waals surface area contributed by atoms with E-state index in [4.69, 9.17) is 4.98 Å². The largest absolute Gasteiger partial charge is 0.265 e. The third-order valence-electron chi connectivity index (χ3n) is 3.46. The molecule has 3 heteroatoms. The van der Waals surface area contributed by atoms with Crippen molar-refractivity contribution in [2.24, 2.45) is 0 Å². The van der Waals surface area contributed by atoms with Crippen LogP contribution in [0.15, 0.2) is 48.3 Å². The molecule has 92 valence electrons. The zero-order chi connectivity index (χ0) is 12.7. The van der Waals surface area contributed by atoms with E-state index < -0.39 is 0 Å². The summed E-state index contributed by atoms with van der Waals surface area (Å²) in [6, 6.07) is 4.11. The molecule has 2 aliphatic rings. The van der Waals surface area contributed by atoms with Gasteiger partial charge in [-0.3, -0.25) is 4.98 Å². The summed E-state index contributed by atoms with van der Waals surface area (Å²) >= 11 is 1.81. The molecule has 0 saturated carbocycles. The van der Waals surface area contributed by atoms with E-state index in [0.29, 0.717) is 0 Å². The van der Waals surface area contributed by atoms with Crippen molar-refractivity contribution in [3.63, 3.8) is 0 Å². The van der Waals surface area contributed by atoms with E-state index in [1.54, 1.807) is 11.3 Å². The van der Waals surface area contributed by atoms with Gasteiger partial charge in [-0.05, 0) is 41.3 Å². The molecule has 0 fully saturated rings. The van der Waals surface area contributed by atoms with Crippen molar-refractivity contribution in [3.8, 4) is 0 Å². The van der Waals surface area contributed by atoms with E-state index in [0.717, 1.165) is 12.8 Å². The molecule has 19 heavy (non-hydrogen) atoms. The van der Waals surface area contributed by atoms with Crippen molar-refractivity contribution in [3.05, 3.63) is 68.8 Å². The first-order valence-corrected chi connectivity index (χ1v) is 7.18. The van der Waals surface area contributed by atoms with Gasteiger partial charge in [0.25, 0.3) is 0 Å². The zero-order valence-corrected chi connectivity index (χ0v) is 11.2. The van der Waals surface area contributed by atoms with Crippen LogP contribution < -0.4 is 9.88 Å². The first kappa shape index (κ1) is 10.9. The molecule has 0 spiro atoms. The number of thiazole rings is 1. The fourth-order valence-electron chi connectivity index (χ4n) is 2.53. The summed E-state index contributed by atoms with van der Waals surface area (Å²) in [6.07, 6.45) is 14.4. The third-order valence-corrected chi connectivity index (χ3v) is 4.46. The van der Waals surface area contributed by atoms with E-state index >= 15 is 0 Å². The standard InChI is InChI=1S/C16H12N2S/c1-2-4-13-12(3-1)10-14-16(13)18-15(19-14)9-11-5-7-17-8-6-11/h1-3,5-8,10H,4,9H2. The molecule has 4 rings (SSSR count). The number of hydrogen-bond donors (Lipinski definition) is 0. The van der Waals surface area contributed by atoms with Gasteiger partial charge in [0.1, 0.15) is 0 Å². The smallest absolute Gasteiger partial charge is 0.0982 e. The first-order valence-electron chi connectivity index (χ1n) is 6.37. The van der Waals surface area contributed by atoms with Gasteiger partial charge in [-0.2, -0.15) is 0 Å². The van der Waals surface area contributed by atoms with Crippen molar-refractivity contribution in [2.75, 3.05) is 0 Å².